The lowest BCUT2D eigenvalue weighted by atomic mass is 10.1. The second-order valence-corrected chi connectivity index (χ2v) is 3.70. The Kier molecular flexibility index (Phi) is 2.83. The van der Waals surface area contributed by atoms with Crippen molar-refractivity contribution in [2.24, 2.45) is 0 Å². The second kappa shape index (κ2) is 4.12. The standard InChI is InChI=1S/C9H6ClFN2OS/c10-7-4-6(11)2-1-5(7)3-8-12-9(15)14-13-8/h1-2,4H,3H2,(H,12,13,15). The van der Waals surface area contributed by atoms with E-state index in [0.29, 0.717) is 17.3 Å². The van der Waals surface area contributed by atoms with E-state index in [1.165, 1.54) is 12.1 Å². The summed E-state index contributed by atoms with van der Waals surface area (Å²) in [5.74, 6) is 0.199. The van der Waals surface area contributed by atoms with E-state index in [1.54, 1.807) is 6.07 Å². The van der Waals surface area contributed by atoms with Crippen LogP contribution in [0, 0.1) is 10.7 Å². The molecular formula is C9H6ClFN2OS. The lowest BCUT2D eigenvalue weighted by Crippen LogP contribution is -1.92. The summed E-state index contributed by atoms with van der Waals surface area (Å²) in [5.41, 5.74) is 0.762. The van der Waals surface area contributed by atoms with Gasteiger partial charge in [0.15, 0.2) is 0 Å². The minimum atomic E-state index is -0.364. The topological polar surface area (TPSA) is 41.8 Å². The first kappa shape index (κ1) is 10.3. The molecular weight excluding hydrogens is 239 g/mol. The molecule has 1 aromatic carbocycles. The van der Waals surface area contributed by atoms with Crippen LogP contribution in [-0.4, -0.2) is 10.1 Å². The molecule has 1 aromatic heterocycles. The van der Waals surface area contributed by atoms with Gasteiger partial charge in [0, 0.05) is 11.4 Å². The second-order valence-electron chi connectivity index (χ2n) is 2.94. The summed E-state index contributed by atoms with van der Waals surface area (Å²) in [6.45, 7) is 0. The van der Waals surface area contributed by atoms with E-state index in [0.717, 1.165) is 5.56 Å². The van der Waals surface area contributed by atoms with Crippen molar-refractivity contribution in [3.05, 3.63) is 45.3 Å². The van der Waals surface area contributed by atoms with Gasteiger partial charge in [-0.05, 0) is 29.9 Å². The minimum Gasteiger partial charge on any atom is -0.348 e. The minimum absolute atomic E-state index is 0.142. The third kappa shape index (κ3) is 2.43. The number of halogens is 2. The highest BCUT2D eigenvalue weighted by atomic mass is 35.5. The number of hydrogen-bond acceptors (Lipinski definition) is 3. The Morgan fingerprint density at radius 2 is 2.33 bits per heavy atom. The molecule has 0 bridgehead atoms. The Morgan fingerprint density at radius 3 is 2.93 bits per heavy atom. The van der Waals surface area contributed by atoms with Crippen LogP contribution in [0.5, 0.6) is 0 Å². The molecule has 2 aromatic rings. The first-order valence-corrected chi connectivity index (χ1v) is 4.92. The van der Waals surface area contributed by atoms with Gasteiger partial charge in [0.25, 0.3) is 0 Å². The van der Waals surface area contributed by atoms with Gasteiger partial charge in [-0.15, -0.1) is 0 Å². The van der Waals surface area contributed by atoms with Gasteiger partial charge in [0.2, 0.25) is 0 Å². The number of benzene rings is 1. The molecule has 0 atom stereocenters. The number of H-pyrrole nitrogens is 1. The van der Waals surface area contributed by atoms with Gasteiger partial charge in [-0.2, -0.15) is 4.98 Å². The molecule has 0 radical (unpaired) electrons. The highest BCUT2D eigenvalue weighted by Crippen LogP contribution is 2.19. The first-order chi connectivity index (χ1) is 7.15. The molecule has 0 aliphatic heterocycles. The summed E-state index contributed by atoms with van der Waals surface area (Å²) in [4.78, 5) is 4.05. The van der Waals surface area contributed by atoms with E-state index in [1.807, 2.05) is 0 Å². The molecule has 78 valence electrons. The Bertz CT molecular complexity index is 537. The van der Waals surface area contributed by atoms with Crippen LogP contribution in [0.3, 0.4) is 0 Å². The summed E-state index contributed by atoms with van der Waals surface area (Å²) in [6.07, 6.45) is 0.430. The number of rotatable bonds is 2. The average molecular weight is 245 g/mol. The Morgan fingerprint density at radius 1 is 1.53 bits per heavy atom. The zero-order chi connectivity index (χ0) is 10.8. The van der Waals surface area contributed by atoms with Gasteiger partial charge in [-0.3, -0.25) is 0 Å². The molecule has 15 heavy (non-hydrogen) atoms. The van der Waals surface area contributed by atoms with Crippen molar-refractivity contribution in [1.82, 2.24) is 10.1 Å². The molecule has 3 nitrogen and oxygen atoms in total. The fourth-order valence-electron chi connectivity index (χ4n) is 1.18. The van der Waals surface area contributed by atoms with Crippen molar-refractivity contribution in [3.8, 4) is 0 Å². The maximum atomic E-state index is 12.7. The lowest BCUT2D eigenvalue weighted by Gasteiger charge is -2.00. The molecule has 6 heteroatoms. The SMILES string of the molecule is Fc1ccc(Cc2nc(=S)o[nH]2)c(Cl)c1. The molecule has 0 aliphatic carbocycles. The highest BCUT2D eigenvalue weighted by Gasteiger charge is 2.05. The Hall–Kier alpha value is -1.20. The van der Waals surface area contributed by atoms with Crippen LogP contribution >= 0.6 is 23.8 Å². The maximum absolute atomic E-state index is 12.7. The van der Waals surface area contributed by atoms with Crippen molar-refractivity contribution in [1.29, 1.82) is 0 Å². The van der Waals surface area contributed by atoms with Gasteiger partial charge < -0.3 is 4.52 Å². The molecule has 0 spiro atoms. The van der Waals surface area contributed by atoms with Crippen molar-refractivity contribution < 1.29 is 8.91 Å². The molecule has 0 aliphatic rings. The summed E-state index contributed by atoms with van der Waals surface area (Å²) >= 11 is 10.5. The van der Waals surface area contributed by atoms with Crippen LogP contribution in [0.4, 0.5) is 4.39 Å². The molecule has 1 N–H and O–H groups in total. The normalized spacial score (nSPS) is 10.5. The van der Waals surface area contributed by atoms with Crippen LogP contribution in [0.25, 0.3) is 0 Å². The molecule has 0 unspecified atom stereocenters. The molecule has 1 heterocycles. The van der Waals surface area contributed by atoms with Crippen molar-refractivity contribution >= 4 is 23.8 Å². The fourth-order valence-corrected chi connectivity index (χ4v) is 1.57. The summed E-state index contributed by atoms with van der Waals surface area (Å²) < 4.78 is 17.5. The van der Waals surface area contributed by atoms with Gasteiger partial charge in [-0.1, -0.05) is 17.7 Å². The molecule has 0 saturated heterocycles. The third-order valence-electron chi connectivity index (χ3n) is 1.86. The van der Waals surface area contributed by atoms with Gasteiger partial charge in [0.05, 0.1) is 0 Å². The van der Waals surface area contributed by atoms with Crippen molar-refractivity contribution in [2.75, 3.05) is 0 Å². The van der Waals surface area contributed by atoms with Gasteiger partial charge in [-0.25, -0.2) is 9.55 Å². The summed E-state index contributed by atoms with van der Waals surface area (Å²) in [5, 5.41) is 2.91. The number of nitrogens with zero attached hydrogens (tertiary/aromatic N) is 1. The van der Waals surface area contributed by atoms with Crippen LogP contribution in [0.1, 0.15) is 11.4 Å². The van der Waals surface area contributed by atoms with Gasteiger partial charge >= 0.3 is 4.84 Å². The highest BCUT2D eigenvalue weighted by molar-refractivity contribution is 7.71. The van der Waals surface area contributed by atoms with E-state index in [4.69, 9.17) is 28.3 Å². The predicted octanol–water partition coefficient (Wildman–Crippen LogP) is 3.12. The van der Waals surface area contributed by atoms with E-state index in [-0.39, 0.29) is 10.7 Å². The monoisotopic (exact) mass is 244 g/mol. The van der Waals surface area contributed by atoms with E-state index in [2.05, 4.69) is 10.1 Å². The molecule has 0 amide bonds. The fraction of sp³-hybridized carbons (Fsp3) is 0.111. The molecule has 0 saturated carbocycles. The zero-order valence-electron chi connectivity index (χ0n) is 7.46. The number of nitrogens with one attached hydrogen (secondary N) is 1. The molecule has 0 fully saturated rings. The third-order valence-corrected chi connectivity index (χ3v) is 2.38. The van der Waals surface area contributed by atoms with E-state index in [9.17, 15) is 4.39 Å². The Labute approximate surface area is 94.9 Å². The van der Waals surface area contributed by atoms with Crippen LogP contribution in [0.15, 0.2) is 22.7 Å². The van der Waals surface area contributed by atoms with E-state index < -0.39 is 0 Å². The number of aromatic amines is 1. The zero-order valence-corrected chi connectivity index (χ0v) is 9.03. The van der Waals surface area contributed by atoms with Crippen molar-refractivity contribution in [2.45, 2.75) is 6.42 Å². The van der Waals surface area contributed by atoms with Crippen LogP contribution in [0.2, 0.25) is 5.02 Å². The molecule has 2 rings (SSSR count). The van der Waals surface area contributed by atoms with Crippen LogP contribution < -0.4 is 0 Å². The smallest absolute Gasteiger partial charge is 0.314 e. The number of aromatic nitrogens is 2. The summed E-state index contributed by atoms with van der Waals surface area (Å²) in [7, 11) is 0. The lowest BCUT2D eigenvalue weighted by molar-refractivity contribution is 0.399. The Balaban J connectivity index is 2.28. The number of hydrogen-bond donors (Lipinski definition) is 1. The quantitative estimate of drug-likeness (QED) is 0.826. The first-order valence-electron chi connectivity index (χ1n) is 4.13. The van der Waals surface area contributed by atoms with E-state index >= 15 is 0 Å². The largest absolute Gasteiger partial charge is 0.348 e. The van der Waals surface area contributed by atoms with Crippen molar-refractivity contribution in [3.63, 3.8) is 0 Å². The predicted molar refractivity (Wildman–Crippen MR) is 55.9 cm³/mol. The summed E-state index contributed by atoms with van der Waals surface area (Å²) in [6, 6.07) is 4.20. The average Bonchev–Trinajstić information content (AvgIpc) is 2.56. The van der Waals surface area contributed by atoms with Crippen LogP contribution in [-0.2, 0) is 6.42 Å². The maximum Gasteiger partial charge on any atom is 0.314 e. The van der Waals surface area contributed by atoms with Gasteiger partial charge in [0.1, 0.15) is 11.6 Å².